The number of hydrogen-bond acceptors (Lipinski definition) is 6. The minimum atomic E-state index is -0.770. The van der Waals surface area contributed by atoms with Crippen LogP contribution in [0.5, 0.6) is 0 Å². The van der Waals surface area contributed by atoms with Crippen molar-refractivity contribution >= 4 is 17.9 Å². The number of esters is 3. The second-order valence-corrected chi connectivity index (χ2v) is 20.3. The van der Waals surface area contributed by atoms with Gasteiger partial charge in [-0.15, -0.1) is 0 Å². The summed E-state index contributed by atoms with van der Waals surface area (Å²) in [5.74, 6) is -0.859. The lowest BCUT2D eigenvalue weighted by Gasteiger charge is -2.18. The summed E-state index contributed by atoms with van der Waals surface area (Å²) < 4.78 is 16.9. The Labute approximate surface area is 411 Å². The summed E-state index contributed by atoms with van der Waals surface area (Å²) in [6.45, 7) is 6.68. The molecule has 6 nitrogen and oxygen atoms in total. The van der Waals surface area contributed by atoms with Crippen LogP contribution in [0.4, 0.5) is 0 Å². The standard InChI is InChI=1S/C60H114O6/c1-4-7-10-13-16-19-22-25-27-29-31-32-35-38-41-44-47-50-53-59(62)65-56-57(55-64-58(61)52-49-46-43-40-37-34-24-21-18-15-12-9-6-3)66-60(63)54-51-48-45-42-39-36-33-30-28-26-23-20-17-14-11-8-5-2/h34,37,57H,4-33,35-36,38-56H2,1-3H3/b37-34-. The highest BCUT2D eigenvalue weighted by Gasteiger charge is 2.19. The molecule has 1 unspecified atom stereocenters. The maximum Gasteiger partial charge on any atom is 0.306 e. The van der Waals surface area contributed by atoms with E-state index in [1.807, 2.05) is 0 Å². The molecule has 390 valence electrons. The molecule has 0 fully saturated rings. The minimum Gasteiger partial charge on any atom is -0.462 e. The van der Waals surface area contributed by atoms with E-state index in [0.717, 1.165) is 64.2 Å². The predicted molar refractivity (Wildman–Crippen MR) is 284 cm³/mol. The number of carbonyl (C=O) groups excluding carboxylic acids is 3. The van der Waals surface area contributed by atoms with E-state index in [1.54, 1.807) is 0 Å². The Hall–Kier alpha value is -1.85. The highest BCUT2D eigenvalue weighted by atomic mass is 16.6. The maximum absolute atomic E-state index is 12.9. The summed E-state index contributed by atoms with van der Waals surface area (Å²) in [6.07, 6.45) is 63.5. The van der Waals surface area contributed by atoms with E-state index in [0.29, 0.717) is 19.3 Å². The van der Waals surface area contributed by atoms with Gasteiger partial charge in [0.1, 0.15) is 13.2 Å². The summed E-state index contributed by atoms with van der Waals surface area (Å²) in [6, 6.07) is 0. The van der Waals surface area contributed by atoms with E-state index in [4.69, 9.17) is 14.2 Å². The molecule has 0 heterocycles. The van der Waals surface area contributed by atoms with Crippen LogP contribution in [-0.2, 0) is 28.6 Å². The van der Waals surface area contributed by atoms with Crippen molar-refractivity contribution < 1.29 is 28.6 Å². The molecule has 0 aromatic rings. The first kappa shape index (κ1) is 64.2. The molecule has 0 radical (unpaired) electrons. The van der Waals surface area contributed by atoms with E-state index in [-0.39, 0.29) is 31.1 Å². The molecule has 0 saturated heterocycles. The fourth-order valence-corrected chi connectivity index (χ4v) is 9.03. The Kier molecular flexibility index (Phi) is 54.2. The van der Waals surface area contributed by atoms with Gasteiger partial charge in [-0.25, -0.2) is 0 Å². The van der Waals surface area contributed by atoms with Crippen molar-refractivity contribution in [3.8, 4) is 0 Å². The van der Waals surface area contributed by atoms with Crippen molar-refractivity contribution in [2.45, 2.75) is 341 Å². The summed E-state index contributed by atoms with van der Waals surface area (Å²) in [5.41, 5.74) is 0. The lowest BCUT2D eigenvalue weighted by atomic mass is 10.0. The van der Waals surface area contributed by atoms with Gasteiger partial charge in [-0.2, -0.15) is 0 Å². The zero-order valence-corrected chi connectivity index (χ0v) is 44.7. The van der Waals surface area contributed by atoms with Gasteiger partial charge in [0.05, 0.1) is 0 Å². The highest BCUT2D eigenvalue weighted by molar-refractivity contribution is 5.71. The number of ether oxygens (including phenoxy) is 3. The molecular formula is C60H114O6. The Morgan fingerprint density at radius 3 is 0.773 bits per heavy atom. The topological polar surface area (TPSA) is 78.9 Å². The van der Waals surface area contributed by atoms with Gasteiger partial charge >= 0.3 is 17.9 Å². The van der Waals surface area contributed by atoms with Crippen molar-refractivity contribution in [2.24, 2.45) is 0 Å². The molecule has 0 aliphatic heterocycles. The number of carbonyl (C=O) groups is 3. The van der Waals surface area contributed by atoms with Crippen molar-refractivity contribution in [2.75, 3.05) is 13.2 Å². The van der Waals surface area contributed by atoms with Crippen LogP contribution in [0, 0.1) is 0 Å². The van der Waals surface area contributed by atoms with Crippen molar-refractivity contribution in [3.05, 3.63) is 12.2 Å². The van der Waals surface area contributed by atoms with Crippen LogP contribution in [0.25, 0.3) is 0 Å². The van der Waals surface area contributed by atoms with Crippen LogP contribution in [0.3, 0.4) is 0 Å². The maximum atomic E-state index is 12.9. The van der Waals surface area contributed by atoms with Gasteiger partial charge in [-0.1, -0.05) is 283 Å². The quantitative estimate of drug-likeness (QED) is 0.0262. The van der Waals surface area contributed by atoms with Gasteiger partial charge in [0.25, 0.3) is 0 Å². The van der Waals surface area contributed by atoms with E-state index >= 15 is 0 Å². The van der Waals surface area contributed by atoms with Crippen molar-refractivity contribution in [1.29, 1.82) is 0 Å². The van der Waals surface area contributed by atoms with E-state index < -0.39 is 6.10 Å². The lowest BCUT2D eigenvalue weighted by Crippen LogP contribution is -2.30. The molecular weight excluding hydrogens is 817 g/mol. The second kappa shape index (κ2) is 55.7. The lowest BCUT2D eigenvalue weighted by molar-refractivity contribution is -0.167. The molecule has 0 rings (SSSR count). The van der Waals surface area contributed by atoms with E-state index in [1.165, 1.54) is 231 Å². The fraction of sp³-hybridized carbons (Fsp3) is 0.917. The molecule has 1 atom stereocenters. The number of allylic oxidation sites excluding steroid dienone is 2. The molecule has 0 aromatic heterocycles. The predicted octanol–water partition coefficient (Wildman–Crippen LogP) is 19.7. The third-order valence-electron chi connectivity index (χ3n) is 13.5. The fourth-order valence-electron chi connectivity index (χ4n) is 9.03. The molecule has 6 heteroatoms. The van der Waals surface area contributed by atoms with Gasteiger partial charge in [-0.3, -0.25) is 14.4 Å². The van der Waals surface area contributed by atoms with Crippen LogP contribution >= 0.6 is 0 Å². The van der Waals surface area contributed by atoms with Gasteiger partial charge in [0, 0.05) is 19.3 Å². The third kappa shape index (κ3) is 53.1. The first-order chi connectivity index (χ1) is 32.5. The van der Waals surface area contributed by atoms with Crippen LogP contribution < -0.4 is 0 Å². The average Bonchev–Trinajstić information content (AvgIpc) is 3.31. The molecule has 0 spiro atoms. The molecule has 0 bridgehead atoms. The average molecular weight is 932 g/mol. The molecule has 0 saturated carbocycles. The number of unbranched alkanes of at least 4 members (excludes halogenated alkanes) is 42. The molecule has 0 aliphatic carbocycles. The van der Waals surface area contributed by atoms with Crippen LogP contribution in [0.15, 0.2) is 12.2 Å². The summed E-state index contributed by atoms with van der Waals surface area (Å²) in [7, 11) is 0. The zero-order valence-electron chi connectivity index (χ0n) is 44.7. The van der Waals surface area contributed by atoms with Crippen molar-refractivity contribution in [3.63, 3.8) is 0 Å². The largest absolute Gasteiger partial charge is 0.462 e. The van der Waals surface area contributed by atoms with Gasteiger partial charge in [0.15, 0.2) is 6.10 Å². The molecule has 0 N–H and O–H groups in total. The molecule has 0 aromatic carbocycles. The smallest absolute Gasteiger partial charge is 0.306 e. The molecule has 66 heavy (non-hydrogen) atoms. The zero-order chi connectivity index (χ0) is 47.9. The first-order valence-corrected chi connectivity index (χ1v) is 29.7. The Morgan fingerprint density at radius 2 is 0.500 bits per heavy atom. The van der Waals surface area contributed by atoms with E-state index in [2.05, 4.69) is 32.9 Å². The monoisotopic (exact) mass is 931 g/mol. The number of hydrogen-bond donors (Lipinski definition) is 0. The van der Waals surface area contributed by atoms with Crippen LogP contribution in [-0.4, -0.2) is 37.2 Å². The van der Waals surface area contributed by atoms with Crippen molar-refractivity contribution in [1.82, 2.24) is 0 Å². The highest BCUT2D eigenvalue weighted by Crippen LogP contribution is 2.17. The first-order valence-electron chi connectivity index (χ1n) is 29.7. The Bertz CT molecular complexity index is 1020. The molecule has 0 amide bonds. The van der Waals surface area contributed by atoms with E-state index in [9.17, 15) is 14.4 Å². The second-order valence-electron chi connectivity index (χ2n) is 20.3. The Morgan fingerprint density at radius 1 is 0.288 bits per heavy atom. The number of rotatable bonds is 55. The van der Waals surface area contributed by atoms with Crippen LogP contribution in [0.1, 0.15) is 335 Å². The van der Waals surface area contributed by atoms with Gasteiger partial charge in [0.2, 0.25) is 0 Å². The van der Waals surface area contributed by atoms with Gasteiger partial charge < -0.3 is 14.2 Å². The third-order valence-corrected chi connectivity index (χ3v) is 13.5. The summed E-state index contributed by atoms with van der Waals surface area (Å²) in [5, 5.41) is 0. The minimum absolute atomic E-state index is 0.0684. The van der Waals surface area contributed by atoms with Crippen LogP contribution in [0.2, 0.25) is 0 Å². The normalized spacial score (nSPS) is 12.0. The Balaban J connectivity index is 4.30. The molecule has 0 aliphatic rings. The SMILES string of the molecule is CCCCCCCC/C=C\CCCCCC(=O)OCC(COC(=O)CCCCCCCCCCCCCCCCCCCC)OC(=O)CCCCCCCCCCCCCCCCCCC. The van der Waals surface area contributed by atoms with Gasteiger partial charge in [-0.05, 0) is 44.9 Å². The summed E-state index contributed by atoms with van der Waals surface area (Å²) >= 11 is 0. The summed E-state index contributed by atoms with van der Waals surface area (Å²) in [4.78, 5) is 38.1.